The number of primary amides is 1. The first kappa shape index (κ1) is 15.0. The largest absolute Gasteiger partial charge is 0.368 e. The second-order valence-corrected chi connectivity index (χ2v) is 6.75. The molecule has 20 heavy (non-hydrogen) atoms. The fourth-order valence-electron chi connectivity index (χ4n) is 2.44. The quantitative estimate of drug-likeness (QED) is 0.786. The monoisotopic (exact) mass is 297 g/mol. The third-order valence-corrected chi connectivity index (χ3v) is 5.42. The van der Waals surface area contributed by atoms with Gasteiger partial charge in [0.05, 0.1) is 4.90 Å². The molecule has 1 aliphatic rings. The Bertz CT molecular complexity index is 583. The Hall–Kier alpha value is -1.44. The highest BCUT2D eigenvalue weighted by Crippen LogP contribution is 2.26. The number of rotatable bonds is 5. The van der Waals surface area contributed by atoms with Crippen LogP contribution in [0, 0.1) is 0 Å². The van der Waals surface area contributed by atoms with Crippen LogP contribution in [-0.4, -0.2) is 37.8 Å². The van der Waals surface area contributed by atoms with Crippen LogP contribution >= 0.6 is 0 Å². The Morgan fingerprint density at radius 2 is 1.95 bits per heavy atom. The zero-order valence-corrected chi connectivity index (χ0v) is 12.0. The molecule has 0 bridgehead atoms. The van der Waals surface area contributed by atoms with E-state index in [9.17, 15) is 13.2 Å². The first-order valence-corrected chi connectivity index (χ1v) is 8.01. The van der Waals surface area contributed by atoms with Crippen molar-refractivity contribution in [2.75, 3.05) is 13.1 Å². The standard InChI is InChI=1S/C13H19N3O3S/c14-8-7-10-3-5-11(6-4-10)20(18,19)16-9-1-2-12(16)13(15)17/h3-6,12H,1-2,7-9,14H2,(H2,15,17). The van der Waals surface area contributed by atoms with Crippen molar-refractivity contribution in [2.24, 2.45) is 11.5 Å². The molecule has 1 aliphatic heterocycles. The second-order valence-electron chi connectivity index (χ2n) is 4.86. The molecule has 1 atom stereocenters. The summed E-state index contributed by atoms with van der Waals surface area (Å²) in [7, 11) is -3.66. The number of carbonyl (C=O) groups is 1. The van der Waals surface area contributed by atoms with Crippen molar-refractivity contribution in [3.8, 4) is 0 Å². The van der Waals surface area contributed by atoms with Gasteiger partial charge in [-0.3, -0.25) is 4.79 Å². The molecule has 1 fully saturated rings. The summed E-state index contributed by atoms with van der Waals surface area (Å²) in [6, 6.07) is 5.86. The summed E-state index contributed by atoms with van der Waals surface area (Å²) in [5.41, 5.74) is 11.7. The lowest BCUT2D eigenvalue weighted by atomic mass is 10.2. The average Bonchev–Trinajstić information content (AvgIpc) is 2.90. The van der Waals surface area contributed by atoms with Crippen LogP contribution in [0.1, 0.15) is 18.4 Å². The molecular weight excluding hydrogens is 278 g/mol. The SMILES string of the molecule is NCCc1ccc(S(=O)(=O)N2CCCC2C(N)=O)cc1. The summed E-state index contributed by atoms with van der Waals surface area (Å²) in [6.45, 7) is 0.850. The molecule has 1 heterocycles. The molecular formula is C13H19N3O3S. The van der Waals surface area contributed by atoms with Crippen LogP contribution in [0.2, 0.25) is 0 Å². The topological polar surface area (TPSA) is 106 Å². The maximum absolute atomic E-state index is 12.5. The van der Waals surface area contributed by atoms with E-state index >= 15 is 0 Å². The first-order valence-electron chi connectivity index (χ1n) is 6.57. The zero-order valence-electron chi connectivity index (χ0n) is 11.2. The van der Waals surface area contributed by atoms with Gasteiger partial charge in [-0.25, -0.2) is 8.42 Å². The van der Waals surface area contributed by atoms with E-state index < -0.39 is 22.0 Å². The fraction of sp³-hybridized carbons (Fsp3) is 0.462. The Morgan fingerprint density at radius 1 is 1.30 bits per heavy atom. The van der Waals surface area contributed by atoms with Crippen molar-refractivity contribution in [2.45, 2.75) is 30.2 Å². The van der Waals surface area contributed by atoms with Crippen molar-refractivity contribution in [3.05, 3.63) is 29.8 Å². The van der Waals surface area contributed by atoms with Crippen LogP contribution < -0.4 is 11.5 Å². The van der Waals surface area contributed by atoms with E-state index in [4.69, 9.17) is 11.5 Å². The molecule has 0 aromatic heterocycles. The van der Waals surface area contributed by atoms with Gasteiger partial charge in [-0.15, -0.1) is 0 Å². The Balaban J connectivity index is 2.27. The van der Waals surface area contributed by atoms with Gasteiger partial charge in [-0.2, -0.15) is 4.31 Å². The van der Waals surface area contributed by atoms with Crippen LogP contribution in [0.3, 0.4) is 0 Å². The van der Waals surface area contributed by atoms with E-state index in [-0.39, 0.29) is 4.90 Å². The third kappa shape index (κ3) is 2.84. The van der Waals surface area contributed by atoms with E-state index in [1.165, 1.54) is 4.31 Å². The third-order valence-electron chi connectivity index (χ3n) is 3.50. The lowest BCUT2D eigenvalue weighted by Gasteiger charge is -2.21. The molecule has 0 radical (unpaired) electrons. The molecule has 6 nitrogen and oxygen atoms in total. The number of hydrogen-bond acceptors (Lipinski definition) is 4. The lowest BCUT2D eigenvalue weighted by Crippen LogP contribution is -2.43. The predicted octanol–water partition coefficient (Wildman–Crippen LogP) is -0.174. The van der Waals surface area contributed by atoms with Gasteiger partial charge in [-0.05, 0) is 43.5 Å². The van der Waals surface area contributed by atoms with Crippen LogP contribution in [0.5, 0.6) is 0 Å². The highest BCUT2D eigenvalue weighted by Gasteiger charge is 2.38. The maximum Gasteiger partial charge on any atom is 0.243 e. The van der Waals surface area contributed by atoms with Gasteiger partial charge in [0, 0.05) is 6.54 Å². The summed E-state index contributed by atoms with van der Waals surface area (Å²) in [4.78, 5) is 11.5. The van der Waals surface area contributed by atoms with Crippen LogP contribution in [0.15, 0.2) is 29.2 Å². The highest BCUT2D eigenvalue weighted by atomic mass is 32.2. The molecule has 4 N–H and O–H groups in total. The minimum Gasteiger partial charge on any atom is -0.368 e. The molecule has 1 aromatic carbocycles. The van der Waals surface area contributed by atoms with E-state index in [2.05, 4.69) is 0 Å². The molecule has 7 heteroatoms. The number of carbonyl (C=O) groups excluding carboxylic acids is 1. The first-order chi connectivity index (χ1) is 9.46. The van der Waals surface area contributed by atoms with E-state index in [0.717, 1.165) is 5.56 Å². The second kappa shape index (κ2) is 5.90. The smallest absolute Gasteiger partial charge is 0.243 e. The fourth-order valence-corrected chi connectivity index (χ4v) is 4.11. The molecule has 1 saturated heterocycles. The maximum atomic E-state index is 12.5. The van der Waals surface area contributed by atoms with E-state index in [1.807, 2.05) is 0 Å². The summed E-state index contributed by atoms with van der Waals surface area (Å²) in [6.07, 6.45) is 1.84. The number of hydrogen-bond donors (Lipinski definition) is 2. The molecule has 1 unspecified atom stereocenters. The number of amides is 1. The van der Waals surface area contributed by atoms with Crippen molar-refractivity contribution in [3.63, 3.8) is 0 Å². The summed E-state index contributed by atoms with van der Waals surface area (Å²) in [5.74, 6) is -0.592. The predicted molar refractivity (Wildman–Crippen MR) is 75.3 cm³/mol. The van der Waals surface area contributed by atoms with Gasteiger partial charge in [0.25, 0.3) is 0 Å². The summed E-state index contributed by atoms with van der Waals surface area (Å²) < 4.78 is 26.2. The normalized spacial score (nSPS) is 20.1. The molecule has 1 amide bonds. The Kier molecular flexibility index (Phi) is 4.42. The van der Waals surface area contributed by atoms with Gasteiger partial charge in [0.15, 0.2) is 0 Å². The van der Waals surface area contributed by atoms with Crippen molar-refractivity contribution >= 4 is 15.9 Å². The average molecular weight is 297 g/mol. The lowest BCUT2D eigenvalue weighted by molar-refractivity contribution is -0.121. The molecule has 0 aliphatic carbocycles. The number of nitrogens with zero attached hydrogens (tertiary/aromatic N) is 1. The number of nitrogens with two attached hydrogens (primary N) is 2. The highest BCUT2D eigenvalue weighted by molar-refractivity contribution is 7.89. The minimum absolute atomic E-state index is 0.187. The molecule has 2 rings (SSSR count). The van der Waals surface area contributed by atoms with Crippen LogP contribution in [0.25, 0.3) is 0 Å². The van der Waals surface area contributed by atoms with Gasteiger partial charge in [-0.1, -0.05) is 12.1 Å². The molecule has 110 valence electrons. The molecule has 0 saturated carbocycles. The van der Waals surface area contributed by atoms with E-state index in [1.54, 1.807) is 24.3 Å². The van der Waals surface area contributed by atoms with E-state index in [0.29, 0.717) is 32.4 Å². The zero-order chi connectivity index (χ0) is 14.8. The van der Waals surface area contributed by atoms with Gasteiger partial charge < -0.3 is 11.5 Å². The Labute approximate surface area is 118 Å². The Morgan fingerprint density at radius 3 is 2.50 bits per heavy atom. The van der Waals surface area contributed by atoms with Crippen LogP contribution in [0.4, 0.5) is 0 Å². The van der Waals surface area contributed by atoms with Crippen molar-refractivity contribution < 1.29 is 13.2 Å². The summed E-state index contributed by atoms with van der Waals surface area (Å²) in [5, 5.41) is 0. The summed E-state index contributed by atoms with van der Waals surface area (Å²) >= 11 is 0. The molecule has 0 spiro atoms. The minimum atomic E-state index is -3.66. The van der Waals surface area contributed by atoms with Crippen molar-refractivity contribution in [1.82, 2.24) is 4.31 Å². The van der Waals surface area contributed by atoms with Gasteiger partial charge in [0.2, 0.25) is 15.9 Å². The number of benzene rings is 1. The molecule has 1 aromatic rings. The van der Waals surface area contributed by atoms with Crippen molar-refractivity contribution in [1.29, 1.82) is 0 Å². The van der Waals surface area contributed by atoms with Gasteiger partial charge in [0.1, 0.15) is 6.04 Å². The van der Waals surface area contributed by atoms with Gasteiger partial charge >= 0.3 is 0 Å². The van der Waals surface area contributed by atoms with Crippen LogP contribution in [-0.2, 0) is 21.2 Å². The number of sulfonamides is 1.